The first-order valence-corrected chi connectivity index (χ1v) is 8.24. The van der Waals surface area contributed by atoms with Crippen molar-refractivity contribution in [3.63, 3.8) is 0 Å². The number of halogens is 1. The van der Waals surface area contributed by atoms with E-state index in [0.717, 1.165) is 29.6 Å². The number of nitrogens with one attached hydrogen (secondary N) is 1. The highest BCUT2D eigenvalue weighted by atomic mass is 35.5. The number of ether oxygens (including phenoxy) is 1. The smallest absolute Gasteiger partial charge is 0.193 e. The van der Waals surface area contributed by atoms with Crippen LogP contribution in [0.25, 0.3) is 0 Å². The van der Waals surface area contributed by atoms with Crippen LogP contribution in [0.2, 0.25) is 5.02 Å². The molecular formula is C17H23ClN4O2. The first kappa shape index (κ1) is 18.1. The number of nitrogens with zero attached hydrogens (tertiary/aromatic N) is 3. The molecule has 0 bridgehead atoms. The Morgan fingerprint density at radius 1 is 1.38 bits per heavy atom. The highest BCUT2D eigenvalue weighted by Crippen LogP contribution is 2.15. The van der Waals surface area contributed by atoms with E-state index in [0.29, 0.717) is 24.7 Å². The van der Waals surface area contributed by atoms with E-state index in [4.69, 9.17) is 20.9 Å². The van der Waals surface area contributed by atoms with E-state index < -0.39 is 0 Å². The molecule has 0 fully saturated rings. The van der Waals surface area contributed by atoms with Crippen LogP contribution < -0.4 is 10.1 Å². The van der Waals surface area contributed by atoms with E-state index in [1.807, 2.05) is 49.2 Å². The Labute approximate surface area is 147 Å². The molecule has 0 atom stereocenters. The summed E-state index contributed by atoms with van der Waals surface area (Å²) in [5, 5.41) is 7.92. The number of guanidine groups is 1. The molecule has 0 unspecified atom stereocenters. The molecule has 6 nitrogen and oxygen atoms in total. The molecule has 1 heterocycles. The second kappa shape index (κ2) is 9.17. The fourth-order valence-electron chi connectivity index (χ4n) is 2.09. The molecule has 130 valence electrons. The molecule has 0 saturated heterocycles. The van der Waals surface area contributed by atoms with Gasteiger partial charge >= 0.3 is 0 Å². The van der Waals surface area contributed by atoms with Crippen LogP contribution in [-0.2, 0) is 13.0 Å². The second-order valence-electron chi connectivity index (χ2n) is 5.26. The Balaban J connectivity index is 1.76. The first-order chi connectivity index (χ1) is 11.6. The Bertz CT molecular complexity index is 655. The SMILES string of the molecule is CCc1cc(CNC(=NC)N(C)CCOc2ccc(Cl)cc2)on1. The third kappa shape index (κ3) is 5.45. The second-order valence-corrected chi connectivity index (χ2v) is 5.70. The maximum absolute atomic E-state index is 5.85. The number of hydrogen-bond donors (Lipinski definition) is 1. The van der Waals surface area contributed by atoms with Gasteiger partial charge in [-0.2, -0.15) is 0 Å². The zero-order valence-electron chi connectivity index (χ0n) is 14.3. The molecule has 1 aromatic heterocycles. The van der Waals surface area contributed by atoms with Crippen molar-refractivity contribution < 1.29 is 9.26 Å². The lowest BCUT2D eigenvalue weighted by molar-refractivity contribution is 0.280. The molecular weight excluding hydrogens is 328 g/mol. The lowest BCUT2D eigenvalue weighted by Crippen LogP contribution is -2.40. The van der Waals surface area contributed by atoms with Gasteiger partial charge in [-0.3, -0.25) is 4.99 Å². The van der Waals surface area contributed by atoms with Crippen LogP contribution in [0.1, 0.15) is 18.4 Å². The number of hydrogen-bond acceptors (Lipinski definition) is 4. The Morgan fingerprint density at radius 2 is 2.12 bits per heavy atom. The molecule has 2 rings (SSSR count). The molecule has 0 amide bonds. The molecule has 0 aliphatic carbocycles. The van der Waals surface area contributed by atoms with E-state index in [2.05, 4.69) is 15.5 Å². The van der Waals surface area contributed by atoms with Crippen LogP contribution >= 0.6 is 11.6 Å². The summed E-state index contributed by atoms with van der Waals surface area (Å²) in [4.78, 5) is 6.26. The van der Waals surface area contributed by atoms with Crippen molar-refractivity contribution in [2.24, 2.45) is 4.99 Å². The van der Waals surface area contributed by atoms with Gasteiger partial charge in [-0.15, -0.1) is 0 Å². The van der Waals surface area contributed by atoms with Gasteiger partial charge < -0.3 is 19.5 Å². The number of aromatic nitrogens is 1. The minimum Gasteiger partial charge on any atom is -0.492 e. The molecule has 0 radical (unpaired) electrons. The molecule has 24 heavy (non-hydrogen) atoms. The predicted molar refractivity (Wildman–Crippen MR) is 95.7 cm³/mol. The van der Waals surface area contributed by atoms with Gasteiger partial charge in [0.2, 0.25) is 0 Å². The number of aliphatic imine (C=N–C) groups is 1. The van der Waals surface area contributed by atoms with Crippen LogP contribution in [-0.4, -0.2) is 43.3 Å². The molecule has 1 N–H and O–H groups in total. The summed E-state index contributed by atoms with van der Waals surface area (Å²) in [5.74, 6) is 2.35. The average Bonchev–Trinajstić information content (AvgIpc) is 3.05. The summed E-state index contributed by atoms with van der Waals surface area (Å²) in [5.41, 5.74) is 0.950. The largest absolute Gasteiger partial charge is 0.492 e. The van der Waals surface area contributed by atoms with Gasteiger partial charge in [-0.05, 0) is 30.7 Å². The number of likely N-dealkylation sites (N-methyl/N-ethyl adjacent to an activating group) is 1. The quantitative estimate of drug-likeness (QED) is 0.614. The van der Waals surface area contributed by atoms with Gasteiger partial charge in [0, 0.05) is 25.2 Å². The van der Waals surface area contributed by atoms with Crippen molar-refractivity contribution in [1.82, 2.24) is 15.4 Å². The summed E-state index contributed by atoms with van der Waals surface area (Å²) in [6.07, 6.45) is 0.861. The standard InChI is InChI=1S/C17H23ClN4O2/c1-4-14-11-16(24-21-14)12-20-17(19-2)22(3)9-10-23-15-7-5-13(18)6-8-15/h5-8,11H,4,9-10,12H2,1-3H3,(H,19,20). The lowest BCUT2D eigenvalue weighted by atomic mass is 10.3. The molecule has 0 spiro atoms. The van der Waals surface area contributed by atoms with Crippen LogP contribution in [0.3, 0.4) is 0 Å². The monoisotopic (exact) mass is 350 g/mol. The number of benzene rings is 1. The average molecular weight is 351 g/mol. The minimum atomic E-state index is 0.543. The summed E-state index contributed by atoms with van der Waals surface area (Å²) >= 11 is 5.85. The molecule has 7 heteroatoms. The van der Waals surface area contributed by atoms with E-state index >= 15 is 0 Å². The third-order valence-electron chi connectivity index (χ3n) is 3.47. The lowest BCUT2D eigenvalue weighted by Gasteiger charge is -2.21. The molecule has 2 aromatic rings. The Kier molecular flexibility index (Phi) is 6.93. The maximum atomic E-state index is 5.85. The summed E-state index contributed by atoms with van der Waals surface area (Å²) in [6, 6.07) is 9.27. The topological polar surface area (TPSA) is 62.9 Å². The third-order valence-corrected chi connectivity index (χ3v) is 3.73. The summed E-state index contributed by atoms with van der Waals surface area (Å²) < 4.78 is 11.0. The van der Waals surface area contributed by atoms with E-state index in [-0.39, 0.29) is 0 Å². The van der Waals surface area contributed by atoms with Crippen molar-refractivity contribution in [3.8, 4) is 5.75 Å². The Hall–Kier alpha value is -2.21. The van der Waals surface area contributed by atoms with E-state index in [1.165, 1.54) is 0 Å². The predicted octanol–water partition coefficient (Wildman–Crippen LogP) is 2.98. The number of rotatable bonds is 7. The minimum absolute atomic E-state index is 0.543. The number of aryl methyl sites for hydroxylation is 1. The van der Waals surface area contributed by atoms with Gasteiger partial charge in [0.1, 0.15) is 12.4 Å². The van der Waals surface area contributed by atoms with Gasteiger partial charge in [0.25, 0.3) is 0 Å². The van der Waals surface area contributed by atoms with Crippen molar-refractivity contribution in [2.45, 2.75) is 19.9 Å². The highest BCUT2D eigenvalue weighted by Gasteiger charge is 2.08. The fraction of sp³-hybridized carbons (Fsp3) is 0.412. The zero-order chi connectivity index (χ0) is 17.4. The summed E-state index contributed by atoms with van der Waals surface area (Å²) in [6.45, 7) is 3.82. The van der Waals surface area contributed by atoms with Gasteiger partial charge in [-0.1, -0.05) is 23.7 Å². The fourth-order valence-corrected chi connectivity index (χ4v) is 2.22. The highest BCUT2D eigenvalue weighted by molar-refractivity contribution is 6.30. The van der Waals surface area contributed by atoms with Gasteiger partial charge in [0.15, 0.2) is 11.7 Å². The maximum Gasteiger partial charge on any atom is 0.193 e. The van der Waals surface area contributed by atoms with Crippen LogP contribution in [0.15, 0.2) is 39.8 Å². The van der Waals surface area contributed by atoms with Crippen molar-refractivity contribution in [3.05, 3.63) is 46.8 Å². The normalized spacial score (nSPS) is 11.4. The zero-order valence-corrected chi connectivity index (χ0v) is 15.0. The van der Waals surface area contributed by atoms with E-state index in [1.54, 1.807) is 7.05 Å². The van der Waals surface area contributed by atoms with Gasteiger partial charge in [-0.25, -0.2) is 0 Å². The Morgan fingerprint density at radius 3 is 2.75 bits per heavy atom. The summed E-state index contributed by atoms with van der Waals surface area (Å²) in [7, 11) is 3.70. The van der Waals surface area contributed by atoms with E-state index in [9.17, 15) is 0 Å². The van der Waals surface area contributed by atoms with Crippen molar-refractivity contribution in [2.75, 3.05) is 27.2 Å². The van der Waals surface area contributed by atoms with Crippen LogP contribution in [0, 0.1) is 0 Å². The molecule has 0 aliphatic heterocycles. The van der Waals surface area contributed by atoms with Crippen molar-refractivity contribution in [1.29, 1.82) is 0 Å². The molecule has 1 aromatic carbocycles. The van der Waals surface area contributed by atoms with Crippen LogP contribution in [0.4, 0.5) is 0 Å². The molecule has 0 saturated carbocycles. The van der Waals surface area contributed by atoms with Gasteiger partial charge in [0.05, 0.1) is 18.8 Å². The molecule has 0 aliphatic rings. The first-order valence-electron chi connectivity index (χ1n) is 7.87. The van der Waals surface area contributed by atoms with Crippen LogP contribution in [0.5, 0.6) is 5.75 Å². The van der Waals surface area contributed by atoms with Crippen molar-refractivity contribution >= 4 is 17.6 Å².